The molecule has 2 amide bonds. The Morgan fingerprint density at radius 1 is 1.53 bits per heavy atom. The predicted molar refractivity (Wildman–Crippen MR) is 60.5 cm³/mol. The summed E-state index contributed by atoms with van der Waals surface area (Å²) in [6, 6.07) is 0.468. The number of aliphatic carboxylic acids is 1. The standard InChI is InChI=1S/C10H16N4O3/c1-8(9(15)16)13-10(17)11-4-2-6-14-7-3-5-12-14/h3,5,7-8H,2,4,6H2,1H3,(H,15,16)(H2,11,13,17)/t8-/m1/s1. The molecule has 1 aromatic heterocycles. The van der Waals surface area contributed by atoms with E-state index < -0.39 is 18.0 Å². The molecule has 0 aliphatic heterocycles. The lowest BCUT2D eigenvalue weighted by atomic mass is 10.3. The topological polar surface area (TPSA) is 96.3 Å². The van der Waals surface area contributed by atoms with E-state index in [1.54, 1.807) is 10.9 Å². The Morgan fingerprint density at radius 3 is 2.88 bits per heavy atom. The highest BCUT2D eigenvalue weighted by Gasteiger charge is 2.12. The largest absolute Gasteiger partial charge is 0.480 e. The van der Waals surface area contributed by atoms with Crippen molar-refractivity contribution in [2.24, 2.45) is 0 Å². The zero-order valence-electron chi connectivity index (χ0n) is 9.59. The van der Waals surface area contributed by atoms with Crippen molar-refractivity contribution in [2.45, 2.75) is 25.9 Å². The number of nitrogens with zero attached hydrogens (tertiary/aromatic N) is 2. The van der Waals surface area contributed by atoms with Crippen molar-refractivity contribution in [1.29, 1.82) is 0 Å². The smallest absolute Gasteiger partial charge is 0.325 e. The molecule has 0 aromatic carbocycles. The predicted octanol–water partition coefficient (Wildman–Crippen LogP) is 0.0455. The van der Waals surface area contributed by atoms with Crippen LogP contribution < -0.4 is 10.6 Å². The SMILES string of the molecule is C[C@@H](NC(=O)NCCCn1cccn1)C(=O)O. The molecular formula is C10H16N4O3. The molecule has 0 spiro atoms. The highest BCUT2D eigenvalue weighted by Crippen LogP contribution is 1.88. The highest BCUT2D eigenvalue weighted by atomic mass is 16.4. The number of amides is 2. The molecule has 1 heterocycles. The Morgan fingerprint density at radius 2 is 2.29 bits per heavy atom. The highest BCUT2D eigenvalue weighted by molar-refractivity contribution is 5.82. The van der Waals surface area contributed by atoms with Gasteiger partial charge < -0.3 is 15.7 Å². The number of urea groups is 1. The van der Waals surface area contributed by atoms with Gasteiger partial charge in [-0.1, -0.05) is 0 Å². The van der Waals surface area contributed by atoms with Gasteiger partial charge in [0.2, 0.25) is 0 Å². The summed E-state index contributed by atoms with van der Waals surface area (Å²) in [5.41, 5.74) is 0. The molecule has 7 heteroatoms. The zero-order chi connectivity index (χ0) is 12.7. The number of carboxylic acids is 1. The molecule has 1 atom stereocenters. The normalized spacial score (nSPS) is 11.8. The van der Waals surface area contributed by atoms with Crippen LogP contribution in [0.15, 0.2) is 18.5 Å². The minimum atomic E-state index is -1.06. The Bertz CT molecular complexity index is 364. The Kier molecular flexibility index (Phi) is 4.99. The molecule has 7 nitrogen and oxygen atoms in total. The number of carboxylic acid groups (broad SMARTS) is 1. The van der Waals surface area contributed by atoms with Gasteiger partial charge in [-0.15, -0.1) is 0 Å². The van der Waals surface area contributed by atoms with Crippen molar-refractivity contribution in [3.05, 3.63) is 18.5 Å². The van der Waals surface area contributed by atoms with Crippen molar-refractivity contribution in [1.82, 2.24) is 20.4 Å². The van der Waals surface area contributed by atoms with Gasteiger partial charge in [0.15, 0.2) is 0 Å². The molecule has 17 heavy (non-hydrogen) atoms. The number of hydrogen-bond donors (Lipinski definition) is 3. The second kappa shape index (κ2) is 6.51. The van der Waals surface area contributed by atoms with Crippen molar-refractivity contribution in [3.63, 3.8) is 0 Å². The molecule has 0 unspecified atom stereocenters. The van der Waals surface area contributed by atoms with Crippen LogP contribution in [0.1, 0.15) is 13.3 Å². The molecule has 0 saturated carbocycles. The van der Waals surface area contributed by atoms with Crippen LogP contribution >= 0.6 is 0 Å². The summed E-state index contributed by atoms with van der Waals surface area (Å²) in [6.07, 6.45) is 4.26. The molecule has 0 aliphatic carbocycles. The molecule has 0 fully saturated rings. The Balaban J connectivity index is 2.10. The fraction of sp³-hybridized carbons (Fsp3) is 0.500. The lowest BCUT2D eigenvalue weighted by Gasteiger charge is -2.10. The van der Waals surface area contributed by atoms with Gasteiger partial charge in [-0.3, -0.25) is 9.48 Å². The number of carbonyl (C=O) groups is 2. The van der Waals surface area contributed by atoms with E-state index in [1.807, 2.05) is 12.3 Å². The number of hydrogen-bond acceptors (Lipinski definition) is 3. The van der Waals surface area contributed by atoms with Crippen LogP contribution in [0.2, 0.25) is 0 Å². The number of rotatable bonds is 6. The van der Waals surface area contributed by atoms with Crippen molar-refractivity contribution >= 4 is 12.0 Å². The van der Waals surface area contributed by atoms with E-state index in [2.05, 4.69) is 15.7 Å². The van der Waals surface area contributed by atoms with E-state index in [9.17, 15) is 9.59 Å². The van der Waals surface area contributed by atoms with Gasteiger partial charge in [0.05, 0.1) is 0 Å². The molecular weight excluding hydrogens is 224 g/mol. The number of aryl methyl sites for hydroxylation is 1. The lowest BCUT2D eigenvalue weighted by molar-refractivity contribution is -0.138. The molecule has 94 valence electrons. The van der Waals surface area contributed by atoms with Gasteiger partial charge >= 0.3 is 12.0 Å². The molecule has 3 N–H and O–H groups in total. The molecule has 0 bridgehead atoms. The first-order valence-electron chi connectivity index (χ1n) is 5.34. The monoisotopic (exact) mass is 240 g/mol. The summed E-state index contributed by atoms with van der Waals surface area (Å²) in [4.78, 5) is 21.7. The van der Waals surface area contributed by atoms with Crippen LogP contribution in [0, 0.1) is 0 Å². The van der Waals surface area contributed by atoms with Crippen LogP contribution in [-0.2, 0) is 11.3 Å². The van der Waals surface area contributed by atoms with E-state index in [0.29, 0.717) is 13.1 Å². The lowest BCUT2D eigenvalue weighted by Crippen LogP contribution is -2.44. The maximum absolute atomic E-state index is 11.2. The molecule has 0 aliphatic rings. The van der Waals surface area contributed by atoms with Gasteiger partial charge in [0, 0.05) is 25.5 Å². The quantitative estimate of drug-likeness (QED) is 0.612. The van der Waals surface area contributed by atoms with Crippen LogP contribution in [0.25, 0.3) is 0 Å². The number of carbonyl (C=O) groups excluding carboxylic acids is 1. The summed E-state index contributed by atoms with van der Waals surface area (Å²) < 4.78 is 1.76. The number of nitrogens with one attached hydrogen (secondary N) is 2. The first-order chi connectivity index (χ1) is 8.09. The third-order valence-electron chi connectivity index (χ3n) is 2.13. The van der Waals surface area contributed by atoms with E-state index >= 15 is 0 Å². The Hall–Kier alpha value is -2.05. The van der Waals surface area contributed by atoms with Crippen LogP contribution in [-0.4, -0.2) is 39.5 Å². The minimum absolute atomic E-state index is 0.470. The van der Waals surface area contributed by atoms with Gasteiger partial charge in [-0.2, -0.15) is 5.10 Å². The third kappa shape index (κ3) is 5.01. The minimum Gasteiger partial charge on any atom is -0.480 e. The van der Waals surface area contributed by atoms with Gasteiger partial charge in [-0.05, 0) is 19.4 Å². The van der Waals surface area contributed by atoms with Crippen LogP contribution in [0.5, 0.6) is 0 Å². The summed E-state index contributed by atoms with van der Waals surface area (Å²) in [6.45, 7) is 2.59. The van der Waals surface area contributed by atoms with Crippen LogP contribution in [0.3, 0.4) is 0 Å². The van der Waals surface area contributed by atoms with Crippen molar-refractivity contribution < 1.29 is 14.7 Å². The molecule has 1 aromatic rings. The van der Waals surface area contributed by atoms with Gasteiger partial charge in [-0.25, -0.2) is 4.79 Å². The molecule has 1 rings (SSSR count). The average Bonchev–Trinajstić information content (AvgIpc) is 2.77. The van der Waals surface area contributed by atoms with Gasteiger partial charge in [0.25, 0.3) is 0 Å². The summed E-state index contributed by atoms with van der Waals surface area (Å²) >= 11 is 0. The maximum Gasteiger partial charge on any atom is 0.325 e. The summed E-state index contributed by atoms with van der Waals surface area (Å²) in [7, 11) is 0. The first kappa shape index (κ1) is 13.0. The Labute approximate surface area is 98.8 Å². The summed E-state index contributed by atoms with van der Waals surface area (Å²) in [5, 5.41) is 17.5. The van der Waals surface area contributed by atoms with E-state index in [4.69, 9.17) is 5.11 Å². The second-order valence-corrected chi connectivity index (χ2v) is 3.58. The van der Waals surface area contributed by atoms with Crippen LogP contribution in [0.4, 0.5) is 4.79 Å². The van der Waals surface area contributed by atoms with E-state index in [0.717, 1.165) is 6.42 Å². The first-order valence-corrected chi connectivity index (χ1v) is 5.34. The molecule has 0 saturated heterocycles. The van der Waals surface area contributed by atoms with Crippen molar-refractivity contribution in [2.75, 3.05) is 6.54 Å². The maximum atomic E-state index is 11.2. The summed E-state index contributed by atoms with van der Waals surface area (Å²) in [5.74, 6) is -1.06. The zero-order valence-corrected chi connectivity index (χ0v) is 9.59. The third-order valence-corrected chi connectivity index (χ3v) is 2.13. The number of aromatic nitrogens is 2. The fourth-order valence-corrected chi connectivity index (χ4v) is 1.19. The van der Waals surface area contributed by atoms with Gasteiger partial charge in [0.1, 0.15) is 6.04 Å². The second-order valence-electron chi connectivity index (χ2n) is 3.58. The molecule has 0 radical (unpaired) electrons. The van der Waals surface area contributed by atoms with Crippen molar-refractivity contribution in [3.8, 4) is 0 Å². The van der Waals surface area contributed by atoms with E-state index in [1.165, 1.54) is 6.92 Å². The van der Waals surface area contributed by atoms with E-state index in [-0.39, 0.29) is 0 Å². The average molecular weight is 240 g/mol. The fourth-order valence-electron chi connectivity index (χ4n) is 1.19.